The van der Waals surface area contributed by atoms with E-state index in [2.05, 4.69) is 15.9 Å². The highest BCUT2D eigenvalue weighted by Gasteiger charge is 2.30. The van der Waals surface area contributed by atoms with E-state index >= 15 is 0 Å². The van der Waals surface area contributed by atoms with Crippen LogP contribution in [0.25, 0.3) is 0 Å². The minimum Gasteiger partial charge on any atom is -0.454 e. The van der Waals surface area contributed by atoms with E-state index < -0.39 is 5.60 Å². The Labute approximate surface area is 90.7 Å². The van der Waals surface area contributed by atoms with Gasteiger partial charge in [0, 0.05) is 23.7 Å². The molecule has 0 fully saturated rings. The van der Waals surface area contributed by atoms with Crippen LogP contribution in [0.1, 0.15) is 13.3 Å². The molecule has 0 spiro atoms. The summed E-state index contributed by atoms with van der Waals surface area (Å²) in [5, 5.41) is 1.16. The van der Waals surface area contributed by atoms with Crippen molar-refractivity contribution in [1.29, 1.82) is 0 Å². The summed E-state index contributed by atoms with van der Waals surface area (Å²) in [6.07, 6.45) is 6.11. The van der Waals surface area contributed by atoms with Crippen molar-refractivity contribution in [3.05, 3.63) is 23.3 Å². The molecular formula is C9H10BrClO2. The number of hydrogen-bond acceptors (Lipinski definition) is 2. The zero-order valence-corrected chi connectivity index (χ0v) is 9.56. The second-order valence-corrected chi connectivity index (χ2v) is 3.92. The lowest BCUT2D eigenvalue weighted by Crippen LogP contribution is -2.34. The fourth-order valence-electron chi connectivity index (χ4n) is 1.21. The molecule has 0 aromatic rings. The molecule has 0 aromatic heterocycles. The molecule has 0 aliphatic heterocycles. The molecule has 13 heavy (non-hydrogen) atoms. The number of allylic oxidation sites excluding steroid dienone is 2. The van der Waals surface area contributed by atoms with E-state index in [1.807, 2.05) is 6.08 Å². The first-order valence-electron chi connectivity index (χ1n) is 3.88. The molecule has 2 nitrogen and oxygen atoms in total. The number of halogens is 2. The second kappa shape index (κ2) is 4.29. The Balaban J connectivity index is 2.82. The Kier molecular flexibility index (Phi) is 3.56. The molecule has 0 saturated carbocycles. The van der Waals surface area contributed by atoms with E-state index in [9.17, 15) is 4.79 Å². The molecule has 0 N–H and O–H groups in total. The maximum atomic E-state index is 10.8. The van der Waals surface area contributed by atoms with Gasteiger partial charge >= 0.3 is 5.97 Å². The lowest BCUT2D eigenvalue weighted by molar-refractivity contribution is -0.150. The summed E-state index contributed by atoms with van der Waals surface area (Å²) in [7, 11) is 0. The largest absolute Gasteiger partial charge is 0.454 e. The van der Waals surface area contributed by atoms with Gasteiger partial charge in [0.25, 0.3) is 0 Å². The molecule has 1 rings (SSSR count). The number of carbonyl (C=O) groups is 1. The van der Waals surface area contributed by atoms with Crippen molar-refractivity contribution in [2.75, 3.05) is 5.33 Å². The van der Waals surface area contributed by atoms with Crippen LogP contribution in [-0.2, 0) is 9.53 Å². The van der Waals surface area contributed by atoms with Gasteiger partial charge in [-0.05, 0) is 12.2 Å². The van der Waals surface area contributed by atoms with Crippen LogP contribution in [0.2, 0.25) is 0 Å². The monoisotopic (exact) mass is 264 g/mol. The highest BCUT2D eigenvalue weighted by atomic mass is 79.9. The number of ether oxygens (including phenoxy) is 1. The smallest absolute Gasteiger partial charge is 0.303 e. The standard InChI is InChI=1S/C9H10BrClO2/c1-7(12)13-9(6-10)4-2-3-8(11)5-9/h2-3,5H,4,6H2,1H3. The minimum atomic E-state index is -0.600. The Morgan fingerprint density at radius 2 is 2.54 bits per heavy atom. The van der Waals surface area contributed by atoms with Gasteiger partial charge in [0.2, 0.25) is 0 Å². The molecule has 0 amide bonds. The van der Waals surface area contributed by atoms with Crippen LogP contribution in [0.5, 0.6) is 0 Å². The molecule has 0 saturated heterocycles. The maximum absolute atomic E-state index is 10.8. The Morgan fingerprint density at radius 3 is 3.00 bits per heavy atom. The summed E-state index contributed by atoms with van der Waals surface area (Å²) in [6, 6.07) is 0. The molecule has 1 unspecified atom stereocenters. The molecule has 0 heterocycles. The molecule has 4 heteroatoms. The predicted molar refractivity (Wildman–Crippen MR) is 56.0 cm³/mol. The Bertz CT molecular complexity index is 273. The van der Waals surface area contributed by atoms with Gasteiger partial charge in [-0.2, -0.15) is 0 Å². The van der Waals surface area contributed by atoms with E-state index in [0.29, 0.717) is 16.8 Å². The number of rotatable bonds is 2. The van der Waals surface area contributed by atoms with Crippen molar-refractivity contribution >= 4 is 33.5 Å². The molecule has 72 valence electrons. The summed E-state index contributed by atoms with van der Waals surface area (Å²) in [6.45, 7) is 1.39. The Morgan fingerprint density at radius 1 is 1.85 bits per heavy atom. The molecule has 0 bridgehead atoms. The third-order valence-corrected chi connectivity index (χ3v) is 2.90. The van der Waals surface area contributed by atoms with Crippen LogP contribution in [-0.4, -0.2) is 16.9 Å². The van der Waals surface area contributed by atoms with E-state index in [-0.39, 0.29) is 5.97 Å². The number of carbonyl (C=O) groups excluding carboxylic acids is 1. The van der Waals surface area contributed by atoms with E-state index in [4.69, 9.17) is 16.3 Å². The van der Waals surface area contributed by atoms with Gasteiger partial charge in [-0.3, -0.25) is 4.79 Å². The average molecular weight is 266 g/mol. The van der Waals surface area contributed by atoms with Gasteiger partial charge in [0.15, 0.2) is 0 Å². The first-order chi connectivity index (χ1) is 6.08. The second-order valence-electron chi connectivity index (χ2n) is 2.93. The first-order valence-corrected chi connectivity index (χ1v) is 5.38. The van der Waals surface area contributed by atoms with Crippen molar-refractivity contribution in [3.8, 4) is 0 Å². The molecule has 1 atom stereocenters. The van der Waals surface area contributed by atoms with Crippen LogP contribution in [0.4, 0.5) is 0 Å². The molecule has 1 aliphatic carbocycles. The summed E-state index contributed by atoms with van der Waals surface area (Å²) in [5.41, 5.74) is -0.600. The van der Waals surface area contributed by atoms with Crippen molar-refractivity contribution < 1.29 is 9.53 Å². The van der Waals surface area contributed by atoms with Crippen molar-refractivity contribution in [2.24, 2.45) is 0 Å². The van der Waals surface area contributed by atoms with Gasteiger partial charge in [-0.1, -0.05) is 33.6 Å². The molecule has 0 radical (unpaired) electrons. The summed E-state index contributed by atoms with van der Waals surface area (Å²) in [5.74, 6) is -0.296. The van der Waals surface area contributed by atoms with Crippen molar-refractivity contribution in [3.63, 3.8) is 0 Å². The summed E-state index contributed by atoms with van der Waals surface area (Å²) in [4.78, 5) is 10.8. The van der Waals surface area contributed by atoms with Gasteiger partial charge < -0.3 is 4.74 Å². The zero-order valence-electron chi connectivity index (χ0n) is 7.22. The maximum Gasteiger partial charge on any atom is 0.303 e. The van der Waals surface area contributed by atoms with Gasteiger partial charge in [0.05, 0.1) is 0 Å². The van der Waals surface area contributed by atoms with Crippen LogP contribution in [0.15, 0.2) is 23.3 Å². The molecule has 0 aromatic carbocycles. The van der Waals surface area contributed by atoms with Crippen LogP contribution >= 0.6 is 27.5 Å². The lowest BCUT2D eigenvalue weighted by Gasteiger charge is -2.29. The third kappa shape index (κ3) is 2.85. The quantitative estimate of drug-likeness (QED) is 0.567. The van der Waals surface area contributed by atoms with Crippen molar-refractivity contribution in [2.45, 2.75) is 18.9 Å². The van der Waals surface area contributed by atoms with Crippen LogP contribution in [0, 0.1) is 0 Å². The van der Waals surface area contributed by atoms with Crippen LogP contribution in [0.3, 0.4) is 0 Å². The third-order valence-electron chi connectivity index (χ3n) is 1.71. The SMILES string of the molecule is CC(=O)OC1(CBr)C=C(Cl)C=CC1. The van der Waals surface area contributed by atoms with Gasteiger partial charge in [-0.15, -0.1) is 0 Å². The van der Waals surface area contributed by atoms with Crippen LogP contribution < -0.4 is 0 Å². The number of hydrogen-bond donors (Lipinski definition) is 0. The first kappa shape index (κ1) is 10.8. The topological polar surface area (TPSA) is 26.3 Å². The molecule has 1 aliphatic rings. The van der Waals surface area contributed by atoms with Gasteiger partial charge in [-0.25, -0.2) is 0 Å². The predicted octanol–water partition coefficient (Wildman–Crippen LogP) is 2.77. The fraction of sp³-hybridized carbons (Fsp3) is 0.444. The van der Waals surface area contributed by atoms with E-state index in [1.165, 1.54) is 6.92 Å². The van der Waals surface area contributed by atoms with E-state index in [0.717, 1.165) is 0 Å². The van der Waals surface area contributed by atoms with Crippen molar-refractivity contribution in [1.82, 2.24) is 0 Å². The fourth-order valence-corrected chi connectivity index (χ4v) is 2.00. The summed E-state index contributed by atoms with van der Waals surface area (Å²) >= 11 is 9.14. The summed E-state index contributed by atoms with van der Waals surface area (Å²) < 4.78 is 5.20. The normalized spacial score (nSPS) is 26.8. The molecular weight excluding hydrogens is 255 g/mol. The van der Waals surface area contributed by atoms with Gasteiger partial charge in [0.1, 0.15) is 5.60 Å². The number of alkyl halides is 1. The number of esters is 1. The lowest BCUT2D eigenvalue weighted by atomic mass is 9.97. The Hall–Kier alpha value is -0.280. The average Bonchev–Trinajstić information content (AvgIpc) is 2.03. The highest BCUT2D eigenvalue weighted by molar-refractivity contribution is 9.09. The van der Waals surface area contributed by atoms with E-state index in [1.54, 1.807) is 12.2 Å². The highest BCUT2D eigenvalue weighted by Crippen LogP contribution is 2.29. The zero-order chi connectivity index (χ0) is 9.90. The minimum absolute atomic E-state index is 0.296.